The molecule has 0 spiro atoms. The molecule has 0 aliphatic carbocycles. The van der Waals surface area contributed by atoms with Crippen molar-refractivity contribution in [2.24, 2.45) is 0 Å². The Hall–Kier alpha value is -2.77. The number of para-hydroxylation sites is 2. The zero-order valence-electron chi connectivity index (χ0n) is 16.9. The molecule has 1 aliphatic rings. The van der Waals surface area contributed by atoms with Gasteiger partial charge in [0.05, 0.1) is 16.9 Å². The summed E-state index contributed by atoms with van der Waals surface area (Å²) >= 11 is 5.95. The first-order chi connectivity index (χ1) is 14.5. The number of nitrogens with zero attached hydrogens (tertiary/aromatic N) is 3. The molecule has 0 radical (unpaired) electrons. The monoisotopic (exact) mass is 428 g/mol. The van der Waals surface area contributed by atoms with Gasteiger partial charge in [0.25, 0.3) is 0 Å². The molecule has 1 saturated heterocycles. The summed E-state index contributed by atoms with van der Waals surface area (Å²) < 4.78 is 6.69. The van der Waals surface area contributed by atoms with E-state index in [1.165, 1.54) is 4.57 Å². The van der Waals surface area contributed by atoms with Crippen LogP contribution in [0.5, 0.6) is 0 Å². The first-order valence-corrected chi connectivity index (χ1v) is 10.6. The van der Waals surface area contributed by atoms with Crippen LogP contribution >= 0.6 is 11.6 Å². The summed E-state index contributed by atoms with van der Waals surface area (Å²) in [6, 6.07) is 12.9. The van der Waals surface area contributed by atoms with E-state index >= 15 is 0 Å². The van der Waals surface area contributed by atoms with Crippen LogP contribution in [-0.2, 0) is 11.3 Å². The molecule has 30 heavy (non-hydrogen) atoms. The standard InChI is InChI=1S/C22H25ClN4O3/c1-2-25-11-13-26(14-12-25)18-6-4-3-5-17(18)24-21(28)9-10-27-19-8-7-16(23)15-20(19)30-22(27)29/h3-8,15H,2,9-14H2,1H3,(H,24,28). The Labute approximate surface area is 179 Å². The van der Waals surface area contributed by atoms with Gasteiger partial charge in [-0.1, -0.05) is 30.7 Å². The Balaban J connectivity index is 1.43. The molecule has 1 amide bonds. The van der Waals surface area contributed by atoms with Gasteiger partial charge in [0.15, 0.2) is 5.58 Å². The number of fused-ring (bicyclic) bond motifs is 1. The summed E-state index contributed by atoms with van der Waals surface area (Å²) in [7, 11) is 0. The van der Waals surface area contributed by atoms with Crippen molar-refractivity contribution >= 4 is 40.0 Å². The maximum absolute atomic E-state index is 12.6. The molecule has 1 fully saturated rings. The number of likely N-dealkylation sites (N-methyl/N-ethyl adjacent to an activating group) is 1. The lowest BCUT2D eigenvalue weighted by Crippen LogP contribution is -2.46. The summed E-state index contributed by atoms with van der Waals surface area (Å²) in [5.74, 6) is -0.640. The SMILES string of the molecule is CCN1CCN(c2ccccc2NC(=O)CCn2c(=O)oc3cc(Cl)ccc32)CC1. The largest absolute Gasteiger partial charge is 0.419 e. The second-order valence-corrected chi connectivity index (χ2v) is 7.80. The predicted octanol–water partition coefficient (Wildman–Crippen LogP) is 3.42. The fourth-order valence-corrected chi connectivity index (χ4v) is 4.00. The number of aryl methyl sites for hydroxylation is 1. The van der Waals surface area contributed by atoms with Crippen LogP contribution in [0.25, 0.3) is 11.1 Å². The van der Waals surface area contributed by atoms with E-state index in [0.29, 0.717) is 16.1 Å². The van der Waals surface area contributed by atoms with Crippen LogP contribution in [0.4, 0.5) is 11.4 Å². The summed E-state index contributed by atoms with van der Waals surface area (Å²) in [5.41, 5.74) is 2.88. The van der Waals surface area contributed by atoms with E-state index in [2.05, 4.69) is 22.0 Å². The fraction of sp³-hybridized carbons (Fsp3) is 0.364. The topological polar surface area (TPSA) is 70.7 Å². The van der Waals surface area contributed by atoms with Crippen LogP contribution in [-0.4, -0.2) is 48.1 Å². The molecular weight excluding hydrogens is 404 g/mol. The Morgan fingerprint density at radius 2 is 1.90 bits per heavy atom. The van der Waals surface area contributed by atoms with Crippen molar-refractivity contribution in [1.82, 2.24) is 9.47 Å². The molecule has 4 rings (SSSR count). The van der Waals surface area contributed by atoms with Gasteiger partial charge in [-0.2, -0.15) is 0 Å². The molecule has 7 nitrogen and oxygen atoms in total. The molecule has 0 bridgehead atoms. The lowest BCUT2D eigenvalue weighted by molar-refractivity contribution is -0.116. The van der Waals surface area contributed by atoms with Crippen LogP contribution < -0.4 is 16.0 Å². The Morgan fingerprint density at radius 3 is 2.67 bits per heavy atom. The third kappa shape index (κ3) is 4.37. The average molecular weight is 429 g/mol. The van der Waals surface area contributed by atoms with E-state index in [1.807, 2.05) is 24.3 Å². The van der Waals surface area contributed by atoms with Crippen molar-refractivity contribution in [3.05, 3.63) is 58.0 Å². The second kappa shape index (κ2) is 8.93. The van der Waals surface area contributed by atoms with Crippen molar-refractivity contribution in [3.63, 3.8) is 0 Å². The van der Waals surface area contributed by atoms with Crippen molar-refractivity contribution in [3.8, 4) is 0 Å². The molecule has 2 aromatic carbocycles. The third-order valence-corrected chi connectivity index (χ3v) is 5.77. The Kier molecular flexibility index (Phi) is 6.11. The summed E-state index contributed by atoms with van der Waals surface area (Å²) in [6.45, 7) is 7.35. The molecule has 0 saturated carbocycles. The maximum atomic E-state index is 12.6. The normalized spacial score (nSPS) is 14.9. The van der Waals surface area contributed by atoms with Crippen LogP contribution in [0.15, 0.2) is 51.7 Å². The third-order valence-electron chi connectivity index (χ3n) is 5.53. The predicted molar refractivity (Wildman–Crippen MR) is 119 cm³/mol. The van der Waals surface area contributed by atoms with Gasteiger partial charge in [-0.05, 0) is 30.8 Å². The average Bonchev–Trinajstić information content (AvgIpc) is 3.06. The van der Waals surface area contributed by atoms with Gasteiger partial charge in [0.2, 0.25) is 5.91 Å². The smallest absolute Gasteiger partial charge is 0.408 e. The zero-order valence-corrected chi connectivity index (χ0v) is 17.7. The van der Waals surface area contributed by atoms with E-state index in [4.69, 9.17) is 16.0 Å². The van der Waals surface area contributed by atoms with Crippen molar-refractivity contribution in [1.29, 1.82) is 0 Å². The first kappa shape index (κ1) is 20.5. The number of oxazole rings is 1. The van der Waals surface area contributed by atoms with Gasteiger partial charge in [-0.25, -0.2) is 4.79 Å². The van der Waals surface area contributed by atoms with Gasteiger partial charge in [0, 0.05) is 50.2 Å². The highest BCUT2D eigenvalue weighted by Crippen LogP contribution is 2.27. The number of carbonyl (C=O) groups is 1. The van der Waals surface area contributed by atoms with E-state index in [9.17, 15) is 9.59 Å². The Bertz CT molecular complexity index is 1100. The number of nitrogens with one attached hydrogen (secondary N) is 1. The van der Waals surface area contributed by atoms with Crippen molar-refractivity contribution in [2.75, 3.05) is 42.9 Å². The molecular formula is C22H25ClN4O3. The molecule has 1 N–H and O–H groups in total. The zero-order chi connectivity index (χ0) is 21.1. The summed E-state index contributed by atoms with van der Waals surface area (Å²) in [5, 5.41) is 3.51. The fourth-order valence-electron chi connectivity index (χ4n) is 3.84. The van der Waals surface area contributed by atoms with E-state index in [0.717, 1.165) is 44.1 Å². The van der Waals surface area contributed by atoms with Crippen molar-refractivity contribution in [2.45, 2.75) is 19.9 Å². The minimum atomic E-state index is -0.491. The molecule has 1 aromatic heterocycles. The molecule has 2 heterocycles. The van der Waals surface area contributed by atoms with Crippen LogP contribution in [0.3, 0.4) is 0 Å². The van der Waals surface area contributed by atoms with E-state index in [1.54, 1.807) is 18.2 Å². The number of amides is 1. The van der Waals surface area contributed by atoms with Gasteiger partial charge in [-0.15, -0.1) is 0 Å². The van der Waals surface area contributed by atoms with Crippen LogP contribution in [0.2, 0.25) is 5.02 Å². The summed E-state index contributed by atoms with van der Waals surface area (Å²) in [6.07, 6.45) is 0.162. The minimum absolute atomic E-state index is 0.148. The first-order valence-electron chi connectivity index (χ1n) is 10.2. The molecule has 158 valence electrons. The summed E-state index contributed by atoms with van der Waals surface area (Å²) in [4.78, 5) is 29.5. The number of carbonyl (C=O) groups excluding carboxylic acids is 1. The maximum Gasteiger partial charge on any atom is 0.419 e. The second-order valence-electron chi connectivity index (χ2n) is 7.37. The molecule has 8 heteroatoms. The molecule has 0 unspecified atom stereocenters. The number of hydrogen-bond acceptors (Lipinski definition) is 5. The molecule has 1 aliphatic heterocycles. The number of benzene rings is 2. The van der Waals surface area contributed by atoms with Gasteiger partial charge in [0.1, 0.15) is 0 Å². The van der Waals surface area contributed by atoms with E-state index in [-0.39, 0.29) is 18.9 Å². The highest BCUT2D eigenvalue weighted by atomic mass is 35.5. The minimum Gasteiger partial charge on any atom is -0.408 e. The van der Waals surface area contributed by atoms with Gasteiger partial charge in [-0.3, -0.25) is 9.36 Å². The highest BCUT2D eigenvalue weighted by molar-refractivity contribution is 6.31. The number of hydrogen-bond donors (Lipinski definition) is 1. The van der Waals surface area contributed by atoms with Gasteiger partial charge < -0.3 is 19.5 Å². The van der Waals surface area contributed by atoms with Gasteiger partial charge >= 0.3 is 5.76 Å². The Morgan fingerprint density at radius 1 is 1.13 bits per heavy atom. The number of halogens is 1. The molecule has 0 atom stereocenters. The van der Waals surface area contributed by atoms with E-state index < -0.39 is 5.76 Å². The van der Waals surface area contributed by atoms with Crippen molar-refractivity contribution < 1.29 is 9.21 Å². The number of piperazine rings is 1. The molecule has 3 aromatic rings. The quantitative estimate of drug-likeness (QED) is 0.651. The van der Waals surface area contributed by atoms with Crippen LogP contribution in [0.1, 0.15) is 13.3 Å². The lowest BCUT2D eigenvalue weighted by atomic mass is 10.2. The highest BCUT2D eigenvalue weighted by Gasteiger charge is 2.19. The lowest BCUT2D eigenvalue weighted by Gasteiger charge is -2.36. The number of rotatable bonds is 6. The number of aromatic nitrogens is 1. The number of anilines is 2. The van der Waals surface area contributed by atoms with Crippen LogP contribution in [0, 0.1) is 0 Å².